The van der Waals surface area contributed by atoms with Crippen molar-refractivity contribution in [2.24, 2.45) is 0 Å². The molecule has 2 heterocycles. The zero-order valence-electron chi connectivity index (χ0n) is 12.3. The SMILES string of the molecule is CC(C)NCc1cc(CN2CCCCCCC2)on1. The van der Waals surface area contributed by atoms with E-state index >= 15 is 0 Å². The lowest BCUT2D eigenvalue weighted by Gasteiger charge is -2.22. The molecule has 108 valence electrons. The van der Waals surface area contributed by atoms with Crippen LogP contribution in [0.3, 0.4) is 0 Å². The van der Waals surface area contributed by atoms with E-state index in [1.807, 2.05) is 0 Å². The molecule has 4 nitrogen and oxygen atoms in total. The second-order valence-electron chi connectivity index (χ2n) is 5.86. The zero-order chi connectivity index (χ0) is 13.5. The maximum absolute atomic E-state index is 5.44. The molecule has 0 bridgehead atoms. The molecule has 2 rings (SSSR count). The molecule has 0 spiro atoms. The van der Waals surface area contributed by atoms with Gasteiger partial charge in [-0.05, 0) is 25.9 Å². The first-order chi connectivity index (χ1) is 9.24. The van der Waals surface area contributed by atoms with Gasteiger partial charge in [-0.15, -0.1) is 0 Å². The topological polar surface area (TPSA) is 41.3 Å². The van der Waals surface area contributed by atoms with Gasteiger partial charge in [-0.2, -0.15) is 0 Å². The maximum atomic E-state index is 5.44. The van der Waals surface area contributed by atoms with E-state index in [9.17, 15) is 0 Å². The van der Waals surface area contributed by atoms with Crippen LogP contribution in [0, 0.1) is 0 Å². The van der Waals surface area contributed by atoms with Crippen LogP contribution in [0.5, 0.6) is 0 Å². The molecule has 0 unspecified atom stereocenters. The van der Waals surface area contributed by atoms with Crippen molar-refractivity contribution in [2.75, 3.05) is 13.1 Å². The average Bonchev–Trinajstić information content (AvgIpc) is 2.77. The summed E-state index contributed by atoms with van der Waals surface area (Å²) in [6.07, 6.45) is 6.78. The Labute approximate surface area is 116 Å². The molecule has 0 aliphatic carbocycles. The Kier molecular flexibility index (Phi) is 5.86. The summed E-state index contributed by atoms with van der Waals surface area (Å²) in [6.45, 7) is 8.37. The summed E-state index contributed by atoms with van der Waals surface area (Å²) in [5, 5.41) is 7.49. The van der Waals surface area contributed by atoms with E-state index in [0.29, 0.717) is 6.04 Å². The molecule has 0 radical (unpaired) electrons. The van der Waals surface area contributed by atoms with E-state index in [0.717, 1.165) is 24.5 Å². The highest BCUT2D eigenvalue weighted by atomic mass is 16.5. The molecule has 0 atom stereocenters. The molecular formula is C15H27N3O. The van der Waals surface area contributed by atoms with Gasteiger partial charge in [0.1, 0.15) is 0 Å². The van der Waals surface area contributed by atoms with Crippen molar-refractivity contribution in [3.8, 4) is 0 Å². The number of aromatic nitrogens is 1. The first kappa shape index (κ1) is 14.5. The highest BCUT2D eigenvalue weighted by Crippen LogP contribution is 2.14. The first-order valence-electron chi connectivity index (χ1n) is 7.64. The number of rotatable bonds is 5. The van der Waals surface area contributed by atoms with Crippen LogP contribution in [0.25, 0.3) is 0 Å². The third-order valence-electron chi connectivity index (χ3n) is 3.63. The molecule has 4 heteroatoms. The highest BCUT2D eigenvalue weighted by Gasteiger charge is 2.12. The monoisotopic (exact) mass is 265 g/mol. The standard InChI is InChI=1S/C15H27N3O/c1-13(2)16-11-14-10-15(19-17-14)12-18-8-6-4-3-5-7-9-18/h10,13,16H,3-9,11-12H2,1-2H3. The van der Waals surface area contributed by atoms with Gasteiger partial charge in [0.2, 0.25) is 0 Å². The first-order valence-corrected chi connectivity index (χ1v) is 7.64. The Balaban J connectivity index is 1.80. The summed E-state index contributed by atoms with van der Waals surface area (Å²) >= 11 is 0. The summed E-state index contributed by atoms with van der Waals surface area (Å²) in [5.41, 5.74) is 1.01. The second kappa shape index (κ2) is 7.65. The van der Waals surface area contributed by atoms with Crippen LogP contribution < -0.4 is 5.32 Å². The minimum absolute atomic E-state index is 0.481. The summed E-state index contributed by atoms with van der Waals surface area (Å²) in [6, 6.07) is 2.57. The number of hydrogen-bond donors (Lipinski definition) is 1. The summed E-state index contributed by atoms with van der Waals surface area (Å²) in [7, 11) is 0. The minimum atomic E-state index is 0.481. The fourth-order valence-electron chi connectivity index (χ4n) is 2.51. The molecule has 1 aromatic heterocycles. The fraction of sp³-hybridized carbons (Fsp3) is 0.800. The Bertz CT molecular complexity index is 354. The van der Waals surface area contributed by atoms with E-state index in [1.54, 1.807) is 0 Å². The highest BCUT2D eigenvalue weighted by molar-refractivity contribution is 5.05. The van der Waals surface area contributed by atoms with Crippen LogP contribution in [-0.2, 0) is 13.1 Å². The minimum Gasteiger partial charge on any atom is -0.360 e. The summed E-state index contributed by atoms with van der Waals surface area (Å²) < 4.78 is 5.44. The third-order valence-corrected chi connectivity index (χ3v) is 3.63. The molecule has 1 aromatic rings. The van der Waals surface area contributed by atoms with Crippen molar-refractivity contribution in [1.82, 2.24) is 15.4 Å². The molecule has 0 amide bonds. The lowest BCUT2D eigenvalue weighted by molar-refractivity contribution is 0.212. The van der Waals surface area contributed by atoms with E-state index in [2.05, 4.69) is 35.3 Å². The largest absolute Gasteiger partial charge is 0.360 e. The van der Waals surface area contributed by atoms with Gasteiger partial charge in [-0.3, -0.25) is 4.90 Å². The Hall–Kier alpha value is -0.870. The predicted octanol–water partition coefficient (Wildman–Crippen LogP) is 2.94. The van der Waals surface area contributed by atoms with Gasteiger partial charge >= 0.3 is 0 Å². The average molecular weight is 265 g/mol. The molecule has 1 fully saturated rings. The maximum Gasteiger partial charge on any atom is 0.151 e. The second-order valence-corrected chi connectivity index (χ2v) is 5.86. The number of hydrogen-bond acceptors (Lipinski definition) is 4. The van der Waals surface area contributed by atoms with Crippen LogP contribution in [0.1, 0.15) is 57.4 Å². The number of nitrogens with one attached hydrogen (secondary N) is 1. The van der Waals surface area contributed by atoms with Crippen LogP contribution in [0.15, 0.2) is 10.6 Å². The molecule has 0 aromatic carbocycles. The van der Waals surface area contributed by atoms with Gasteiger partial charge < -0.3 is 9.84 Å². The van der Waals surface area contributed by atoms with Crippen molar-refractivity contribution in [2.45, 2.75) is 65.1 Å². The van der Waals surface area contributed by atoms with Gasteiger partial charge in [0.15, 0.2) is 5.76 Å². The van der Waals surface area contributed by atoms with Gasteiger partial charge in [0, 0.05) is 18.7 Å². The van der Waals surface area contributed by atoms with Gasteiger partial charge in [0.05, 0.1) is 12.2 Å². The van der Waals surface area contributed by atoms with Crippen LogP contribution in [0.2, 0.25) is 0 Å². The van der Waals surface area contributed by atoms with Crippen molar-refractivity contribution in [3.63, 3.8) is 0 Å². The number of likely N-dealkylation sites (tertiary alicyclic amines) is 1. The van der Waals surface area contributed by atoms with Crippen molar-refractivity contribution in [3.05, 3.63) is 17.5 Å². The molecule has 1 aliphatic rings. The molecule has 1 N–H and O–H groups in total. The van der Waals surface area contributed by atoms with Gasteiger partial charge in [-0.25, -0.2) is 0 Å². The predicted molar refractivity (Wildman–Crippen MR) is 76.8 cm³/mol. The lowest BCUT2D eigenvalue weighted by Crippen LogP contribution is -2.26. The Morgan fingerprint density at radius 2 is 1.89 bits per heavy atom. The van der Waals surface area contributed by atoms with Crippen molar-refractivity contribution < 1.29 is 4.52 Å². The molecular weight excluding hydrogens is 238 g/mol. The smallest absolute Gasteiger partial charge is 0.151 e. The normalized spacial score (nSPS) is 18.5. The number of nitrogens with zero attached hydrogens (tertiary/aromatic N) is 2. The van der Waals surface area contributed by atoms with Gasteiger partial charge in [0.25, 0.3) is 0 Å². The summed E-state index contributed by atoms with van der Waals surface area (Å²) in [5.74, 6) is 1.00. The lowest BCUT2D eigenvalue weighted by atomic mass is 10.1. The van der Waals surface area contributed by atoms with E-state index in [-0.39, 0.29) is 0 Å². The molecule has 19 heavy (non-hydrogen) atoms. The fourth-order valence-corrected chi connectivity index (χ4v) is 2.51. The third kappa shape index (κ3) is 5.33. The van der Waals surface area contributed by atoms with E-state index < -0.39 is 0 Å². The molecule has 0 saturated carbocycles. The van der Waals surface area contributed by atoms with Crippen LogP contribution >= 0.6 is 0 Å². The van der Waals surface area contributed by atoms with Gasteiger partial charge in [-0.1, -0.05) is 38.3 Å². The van der Waals surface area contributed by atoms with Crippen molar-refractivity contribution >= 4 is 0 Å². The quantitative estimate of drug-likeness (QED) is 0.888. The zero-order valence-corrected chi connectivity index (χ0v) is 12.3. The summed E-state index contributed by atoms with van der Waals surface area (Å²) in [4.78, 5) is 2.50. The Morgan fingerprint density at radius 3 is 2.58 bits per heavy atom. The Morgan fingerprint density at radius 1 is 1.21 bits per heavy atom. The van der Waals surface area contributed by atoms with Crippen LogP contribution in [0.4, 0.5) is 0 Å². The van der Waals surface area contributed by atoms with Crippen LogP contribution in [-0.4, -0.2) is 29.2 Å². The van der Waals surface area contributed by atoms with E-state index in [1.165, 1.54) is 45.2 Å². The molecule has 1 saturated heterocycles. The van der Waals surface area contributed by atoms with Crippen molar-refractivity contribution in [1.29, 1.82) is 0 Å². The van der Waals surface area contributed by atoms with E-state index in [4.69, 9.17) is 4.52 Å². The molecule has 1 aliphatic heterocycles.